The molecule has 9 nitrogen and oxygen atoms in total. The molecule has 2 atom stereocenters. The first-order valence-electron chi connectivity index (χ1n) is 15.1. The summed E-state index contributed by atoms with van der Waals surface area (Å²) in [6.07, 6.45) is -4.65. The van der Waals surface area contributed by atoms with Gasteiger partial charge >= 0.3 is 6.18 Å². The van der Waals surface area contributed by atoms with E-state index in [2.05, 4.69) is 15.7 Å². The first-order chi connectivity index (χ1) is 22.9. The van der Waals surface area contributed by atoms with Gasteiger partial charge in [0, 0.05) is 35.0 Å². The summed E-state index contributed by atoms with van der Waals surface area (Å²) < 4.78 is 77.8. The van der Waals surface area contributed by atoms with Crippen molar-refractivity contribution in [3.05, 3.63) is 106 Å². The fourth-order valence-electron chi connectivity index (χ4n) is 5.92. The van der Waals surface area contributed by atoms with Crippen LogP contribution in [0.25, 0.3) is 5.57 Å². The van der Waals surface area contributed by atoms with Gasteiger partial charge in [-0.3, -0.25) is 14.4 Å². The maximum absolute atomic E-state index is 15.7. The molecule has 0 fully saturated rings. The Bertz CT molecular complexity index is 1760. The zero-order chi connectivity index (χ0) is 34.6. The molecule has 1 unspecified atom stereocenters. The number of hydrogen-bond acceptors (Lipinski definition) is 7. The number of rotatable bonds is 12. The number of ether oxygens (including phenoxy) is 1. The molecule has 2 amide bonds. The molecule has 252 valence electrons. The maximum Gasteiger partial charge on any atom is 0.416 e. The molecule has 0 spiro atoms. The summed E-state index contributed by atoms with van der Waals surface area (Å²) in [6.45, 7) is 1.04. The molecule has 0 aliphatic carbocycles. The Morgan fingerprint density at radius 3 is 2.40 bits per heavy atom. The Kier molecular flexibility index (Phi) is 10.3. The molecule has 0 saturated carbocycles. The van der Waals surface area contributed by atoms with E-state index in [4.69, 9.17) is 4.74 Å². The van der Waals surface area contributed by atoms with Gasteiger partial charge in [-0.05, 0) is 50.1 Å². The summed E-state index contributed by atoms with van der Waals surface area (Å²) in [6, 6.07) is 14.8. The zero-order valence-electron chi connectivity index (χ0n) is 26.1. The van der Waals surface area contributed by atoms with Crippen molar-refractivity contribution in [1.29, 1.82) is 0 Å². The van der Waals surface area contributed by atoms with Crippen LogP contribution < -0.4 is 10.1 Å². The minimum atomic E-state index is -4.94. The topological polar surface area (TPSA) is 104 Å². The minimum Gasteiger partial charge on any atom is -0.494 e. The molecule has 0 aromatic heterocycles. The third kappa shape index (κ3) is 7.13. The number of allylic oxidation sites excluding steroid dienone is 2. The van der Waals surface area contributed by atoms with E-state index < -0.39 is 59.1 Å². The molecular weight excluding hydrogens is 637 g/mol. The van der Waals surface area contributed by atoms with Crippen molar-refractivity contribution in [3.63, 3.8) is 0 Å². The number of carbonyl (C=O) groups is 3. The lowest BCUT2D eigenvalue weighted by Gasteiger charge is -2.36. The number of alkyl halides is 3. The van der Waals surface area contributed by atoms with Crippen LogP contribution >= 0.6 is 0 Å². The Hall–Kier alpha value is -4.98. The van der Waals surface area contributed by atoms with Crippen molar-refractivity contribution in [2.45, 2.75) is 38.5 Å². The van der Waals surface area contributed by atoms with Crippen molar-refractivity contribution in [2.75, 3.05) is 26.7 Å². The molecule has 3 aromatic rings. The molecule has 0 saturated heterocycles. The summed E-state index contributed by atoms with van der Waals surface area (Å²) in [7, 11) is 1.24. The van der Waals surface area contributed by atoms with Crippen molar-refractivity contribution in [1.82, 2.24) is 15.2 Å². The minimum absolute atomic E-state index is 0.0248. The fourth-order valence-corrected chi connectivity index (χ4v) is 5.92. The van der Waals surface area contributed by atoms with Crippen molar-refractivity contribution in [2.24, 2.45) is 16.3 Å². The van der Waals surface area contributed by atoms with Gasteiger partial charge in [-0.15, -0.1) is 0 Å². The van der Waals surface area contributed by atoms with E-state index in [0.717, 1.165) is 17.0 Å². The molecule has 48 heavy (non-hydrogen) atoms. The largest absolute Gasteiger partial charge is 0.494 e. The van der Waals surface area contributed by atoms with Gasteiger partial charge in [0.05, 0.1) is 19.2 Å². The monoisotopic (exact) mass is 669 g/mol. The number of hydrogen-bond donors (Lipinski definition) is 1. The summed E-state index contributed by atoms with van der Waals surface area (Å²) in [4.78, 5) is 41.2. The lowest BCUT2D eigenvalue weighted by atomic mass is 9.81. The van der Waals surface area contributed by atoms with E-state index in [-0.39, 0.29) is 48.0 Å². The average molecular weight is 670 g/mol. The fraction of sp³-hybridized carbons (Fsp3) is 0.324. The highest BCUT2D eigenvalue weighted by atomic mass is 19.4. The number of amides is 2. The number of benzene rings is 3. The van der Waals surface area contributed by atoms with Gasteiger partial charge in [0.1, 0.15) is 18.3 Å². The smallest absolute Gasteiger partial charge is 0.416 e. The summed E-state index contributed by atoms with van der Waals surface area (Å²) in [5, 5.41) is 12.0. The number of halogens is 5. The third-order valence-electron chi connectivity index (χ3n) is 8.36. The van der Waals surface area contributed by atoms with Crippen LogP contribution in [0.2, 0.25) is 0 Å². The number of ketones is 1. The Morgan fingerprint density at radius 2 is 1.73 bits per heavy atom. The first-order valence-corrected chi connectivity index (χ1v) is 15.1. The predicted octanol–water partition coefficient (Wildman–Crippen LogP) is 6.27. The van der Waals surface area contributed by atoms with E-state index in [1.807, 2.05) is 0 Å². The summed E-state index contributed by atoms with van der Waals surface area (Å²) in [5.41, 5.74) is -1.93. The Balaban J connectivity index is 1.53. The molecule has 1 N–H and O–H groups in total. The zero-order valence-corrected chi connectivity index (χ0v) is 26.1. The molecule has 2 aliphatic heterocycles. The molecule has 0 radical (unpaired) electrons. The molecule has 0 bridgehead atoms. The average Bonchev–Trinajstić information content (AvgIpc) is 3.47. The number of carbonyl (C=O) groups excluding carboxylic acids is 3. The quantitative estimate of drug-likeness (QED) is 0.139. The maximum atomic E-state index is 15.7. The van der Waals surface area contributed by atoms with Gasteiger partial charge in [-0.1, -0.05) is 53.8 Å². The highest BCUT2D eigenvalue weighted by molar-refractivity contribution is 6.30. The van der Waals surface area contributed by atoms with Crippen LogP contribution in [-0.2, 0) is 27.1 Å². The van der Waals surface area contributed by atoms with Crippen LogP contribution in [0.5, 0.6) is 5.75 Å². The Labute approximate surface area is 273 Å². The lowest BCUT2D eigenvalue weighted by Crippen LogP contribution is -2.45. The number of nitrogens with zero attached hydrogens (tertiary/aromatic N) is 4. The van der Waals surface area contributed by atoms with Gasteiger partial charge in [-0.2, -0.15) is 18.3 Å². The molecule has 2 aliphatic rings. The third-order valence-corrected chi connectivity index (χ3v) is 8.36. The lowest BCUT2D eigenvalue weighted by molar-refractivity contribution is -0.143. The van der Waals surface area contributed by atoms with Crippen LogP contribution in [-0.4, -0.2) is 54.3 Å². The molecular formula is C34H32F5N5O4. The molecule has 5 rings (SSSR count). The number of methoxy groups -OCH3 is 1. The molecule has 3 aromatic carbocycles. The van der Waals surface area contributed by atoms with Crippen molar-refractivity contribution >= 4 is 23.2 Å². The van der Waals surface area contributed by atoms with Gasteiger partial charge in [0.2, 0.25) is 5.91 Å². The van der Waals surface area contributed by atoms with Crippen LogP contribution in [0.4, 0.5) is 22.0 Å². The van der Waals surface area contributed by atoms with Gasteiger partial charge < -0.3 is 15.0 Å². The van der Waals surface area contributed by atoms with E-state index in [1.165, 1.54) is 37.2 Å². The van der Waals surface area contributed by atoms with Gasteiger partial charge in [-0.25, -0.2) is 13.8 Å². The SMILES string of the molecule is COc1cccc(C2=C(C)N(Cc3c(F)cccc3C(F)(F)F)C(=O)C(C[C@H](NCCCN3N=NCC3=O)c3ccccc3)C2=O)c1F. The second-order valence-corrected chi connectivity index (χ2v) is 11.3. The number of nitrogens with one attached hydrogen (secondary N) is 1. The summed E-state index contributed by atoms with van der Waals surface area (Å²) in [5.74, 6) is -5.59. The van der Waals surface area contributed by atoms with Gasteiger partial charge in [0.15, 0.2) is 17.3 Å². The van der Waals surface area contributed by atoms with E-state index in [9.17, 15) is 27.6 Å². The van der Waals surface area contributed by atoms with E-state index in [0.29, 0.717) is 24.6 Å². The predicted molar refractivity (Wildman–Crippen MR) is 164 cm³/mol. The highest BCUT2D eigenvalue weighted by Crippen LogP contribution is 2.40. The van der Waals surface area contributed by atoms with E-state index >= 15 is 8.78 Å². The second-order valence-electron chi connectivity index (χ2n) is 11.3. The summed E-state index contributed by atoms with van der Waals surface area (Å²) >= 11 is 0. The standard InChI is InChI=1S/C34H32F5N5O4/c1-20-30(22-11-6-14-28(48-2)31(22)36)32(46)23(33(47)43(20)19-24-25(34(37,38)39)12-7-13-26(24)35)17-27(21-9-4-3-5-10-21)40-15-8-16-44-29(45)18-41-42-44/h3-7,9-14,23,27,40H,8,15-19H2,1-2H3/t23?,27-/m0/s1. The first kappa shape index (κ1) is 34.4. The van der Waals surface area contributed by atoms with Crippen LogP contribution in [0.3, 0.4) is 0 Å². The van der Waals surface area contributed by atoms with Crippen LogP contribution in [0.15, 0.2) is 82.8 Å². The normalized spacial score (nSPS) is 17.5. The molecule has 2 heterocycles. The van der Waals surface area contributed by atoms with Crippen LogP contribution in [0.1, 0.15) is 48.1 Å². The highest BCUT2D eigenvalue weighted by Gasteiger charge is 2.44. The second kappa shape index (κ2) is 14.4. The Morgan fingerprint density at radius 1 is 1.00 bits per heavy atom. The van der Waals surface area contributed by atoms with E-state index in [1.54, 1.807) is 30.3 Å². The molecule has 14 heteroatoms. The van der Waals surface area contributed by atoms with Crippen LogP contribution in [0, 0.1) is 17.6 Å². The van der Waals surface area contributed by atoms with Crippen molar-refractivity contribution in [3.8, 4) is 5.75 Å². The van der Waals surface area contributed by atoms with Gasteiger partial charge in [0.25, 0.3) is 5.91 Å². The van der Waals surface area contributed by atoms with Crippen molar-refractivity contribution < 1.29 is 41.1 Å². The number of Topliss-reactive ketones (excluding diaryl/α,β-unsaturated/α-hetero) is 1.